The maximum Gasteiger partial charge on any atom is 0.00313 e. The average molecular weight is 359 g/mol. The Hall–Kier alpha value is 0.999. The second-order valence-electron chi connectivity index (χ2n) is 5.81. The summed E-state index contributed by atoms with van der Waals surface area (Å²) in [7, 11) is 0. The van der Waals surface area contributed by atoms with Crippen molar-refractivity contribution in [1.29, 1.82) is 0 Å². The Labute approximate surface area is 134 Å². The summed E-state index contributed by atoms with van der Waals surface area (Å²) in [4.78, 5) is 0. The molecule has 0 aromatic heterocycles. The van der Waals surface area contributed by atoms with Crippen molar-refractivity contribution >= 4 is 15.9 Å². The summed E-state index contributed by atoms with van der Waals surface area (Å²) in [5, 5.41) is 1.19. The van der Waals surface area contributed by atoms with Crippen LogP contribution in [0.15, 0.2) is 0 Å². The zero-order valence-electron chi connectivity index (χ0n) is 11.9. The van der Waals surface area contributed by atoms with Crippen molar-refractivity contribution < 1.29 is 17.1 Å². The second-order valence-corrected chi connectivity index (χ2v) is 6.60. The molecule has 110 valence electrons. The van der Waals surface area contributed by atoms with Crippen LogP contribution in [-0.2, 0) is 17.1 Å². The molecule has 0 amide bonds. The Kier molecular flexibility index (Phi) is 15.2. The first kappa shape index (κ1) is 19.0. The first-order valence-electron chi connectivity index (χ1n) is 7.99. The van der Waals surface area contributed by atoms with Gasteiger partial charge in [0, 0.05) is 22.4 Å². The largest absolute Gasteiger partial charge is 0.0928 e. The summed E-state index contributed by atoms with van der Waals surface area (Å²) in [5.74, 6) is 1.11. The Morgan fingerprint density at radius 1 is 0.667 bits per heavy atom. The predicted molar refractivity (Wildman–Crippen MR) is 81.9 cm³/mol. The molecule has 0 nitrogen and oxygen atoms in total. The van der Waals surface area contributed by atoms with Crippen molar-refractivity contribution in [3.8, 4) is 0 Å². The third-order valence-corrected chi connectivity index (χ3v) is 4.78. The van der Waals surface area contributed by atoms with Gasteiger partial charge >= 0.3 is 0 Å². The standard InChI is InChI=1S/C11H21Br.C5H10.Fe/c12-10-6-2-1-3-7-11-8-4-5-9-11;1-2-4-5-3-1;/h11H,1-10H2;1-5H2;. The van der Waals surface area contributed by atoms with Gasteiger partial charge in [0.05, 0.1) is 0 Å². The second kappa shape index (κ2) is 14.4. The van der Waals surface area contributed by atoms with E-state index in [4.69, 9.17) is 0 Å². The van der Waals surface area contributed by atoms with Crippen molar-refractivity contribution in [2.45, 2.75) is 89.9 Å². The predicted octanol–water partition coefficient (Wildman–Crippen LogP) is 6.47. The minimum Gasteiger partial charge on any atom is -0.0928 e. The van der Waals surface area contributed by atoms with Crippen LogP contribution in [0.2, 0.25) is 0 Å². The summed E-state index contributed by atoms with van der Waals surface area (Å²) in [6, 6.07) is 0. The van der Waals surface area contributed by atoms with E-state index in [1.165, 1.54) is 95.2 Å². The van der Waals surface area contributed by atoms with Crippen LogP contribution in [0.25, 0.3) is 0 Å². The minimum atomic E-state index is 0. The van der Waals surface area contributed by atoms with Crippen LogP contribution in [0.3, 0.4) is 0 Å². The smallest absolute Gasteiger partial charge is 0.00313 e. The molecule has 0 radical (unpaired) electrons. The number of alkyl halides is 1. The summed E-state index contributed by atoms with van der Waals surface area (Å²) >= 11 is 3.47. The zero-order valence-corrected chi connectivity index (χ0v) is 14.6. The van der Waals surface area contributed by atoms with Gasteiger partial charge in [-0.2, -0.15) is 0 Å². The molecule has 0 atom stereocenters. The summed E-state index contributed by atoms with van der Waals surface area (Å²) < 4.78 is 0. The van der Waals surface area contributed by atoms with Gasteiger partial charge in [-0.15, -0.1) is 0 Å². The van der Waals surface area contributed by atoms with E-state index >= 15 is 0 Å². The zero-order chi connectivity index (χ0) is 12.2. The van der Waals surface area contributed by atoms with Gasteiger partial charge in [-0.25, -0.2) is 0 Å². The molecule has 0 aliphatic heterocycles. The molecule has 0 bridgehead atoms. The molecular weight excluding hydrogens is 328 g/mol. The number of rotatable bonds is 6. The van der Waals surface area contributed by atoms with Gasteiger partial charge < -0.3 is 0 Å². The molecule has 0 unspecified atom stereocenters. The van der Waals surface area contributed by atoms with Gasteiger partial charge in [-0.1, -0.05) is 99.4 Å². The molecule has 2 fully saturated rings. The fourth-order valence-electron chi connectivity index (χ4n) is 3.06. The maximum atomic E-state index is 3.47. The third kappa shape index (κ3) is 10.9. The van der Waals surface area contributed by atoms with Crippen LogP contribution in [0.1, 0.15) is 89.9 Å². The van der Waals surface area contributed by atoms with Crippen LogP contribution in [0, 0.1) is 5.92 Å². The monoisotopic (exact) mass is 358 g/mol. The van der Waals surface area contributed by atoms with E-state index in [9.17, 15) is 0 Å². The van der Waals surface area contributed by atoms with E-state index in [0.717, 1.165) is 5.92 Å². The van der Waals surface area contributed by atoms with Crippen molar-refractivity contribution in [3.05, 3.63) is 0 Å². The molecular formula is C16H31BrFe. The van der Waals surface area contributed by atoms with Gasteiger partial charge in [0.15, 0.2) is 0 Å². The molecule has 0 aromatic rings. The van der Waals surface area contributed by atoms with Crippen LogP contribution in [-0.4, -0.2) is 5.33 Å². The first-order valence-corrected chi connectivity index (χ1v) is 9.11. The maximum absolute atomic E-state index is 3.47. The first-order chi connectivity index (χ1) is 8.43. The van der Waals surface area contributed by atoms with Crippen molar-refractivity contribution in [2.24, 2.45) is 5.92 Å². The normalized spacial score (nSPS) is 19.2. The number of hydrogen-bond acceptors (Lipinski definition) is 0. The minimum absolute atomic E-state index is 0. The summed E-state index contributed by atoms with van der Waals surface area (Å²) in [5.41, 5.74) is 0. The molecule has 0 saturated heterocycles. The molecule has 2 aliphatic rings. The fourth-order valence-corrected chi connectivity index (χ4v) is 3.46. The van der Waals surface area contributed by atoms with E-state index < -0.39 is 0 Å². The third-order valence-electron chi connectivity index (χ3n) is 4.22. The molecule has 0 heterocycles. The van der Waals surface area contributed by atoms with E-state index in [0.29, 0.717) is 0 Å². The van der Waals surface area contributed by atoms with Crippen molar-refractivity contribution in [2.75, 3.05) is 5.33 Å². The fraction of sp³-hybridized carbons (Fsp3) is 1.00. The molecule has 2 heteroatoms. The molecule has 0 spiro atoms. The molecule has 0 aromatic carbocycles. The van der Waals surface area contributed by atoms with Crippen molar-refractivity contribution in [3.63, 3.8) is 0 Å². The van der Waals surface area contributed by atoms with E-state index in [-0.39, 0.29) is 17.1 Å². The SMILES string of the molecule is BrCCCCCCC1CCCC1.C1CCCC1.[Fe]. The number of halogens is 1. The average Bonchev–Trinajstić information content (AvgIpc) is 3.05. The molecule has 2 rings (SSSR count). The quantitative estimate of drug-likeness (QED) is 0.290. The van der Waals surface area contributed by atoms with Crippen LogP contribution in [0.5, 0.6) is 0 Å². The van der Waals surface area contributed by atoms with E-state index in [1.54, 1.807) is 0 Å². The van der Waals surface area contributed by atoms with Gasteiger partial charge in [0.1, 0.15) is 0 Å². The number of unbranched alkanes of at least 4 members (excludes halogenated alkanes) is 3. The summed E-state index contributed by atoms with van der Waals surface area (Å²) in [6.07, 6.45) is 20.8. The van der Waals surface area contributed by atoms with Gasteiger partial charge in [0.25, 0.3) is 0 Å². The van der Waals surface area contributed by atoms with Gasteiger partial charge in [0.2, 0.25) is 0 Å². The number of hydrogen-bond donors (Lipinski definition) is 0. The molecule has 0 N–H and O–H groups in total. The Morgan fingerprint density at radius 3 is 1.67 bits per heavy atom. The van der Waals surface area contributed by atoms with Crippen LogP contribution < -0.4 is 0 Å². The van der Waals surface area contributed by atoms with E-state index in [1.807, 2.05) is 0 Å². The molecule has 2 saturated carbocycles. The topological polar surface area (TPSA) is 0 Å². The molecule has 2 aliphatic carbocycles. The van der Waals surface area contributed by atoms with Crippen LogP contribution >= 0.6 is 15.9 Å². The van der Waals surface area contributed by atoms with Crippen molar-refractivity contribution in [1.82, 2.24) is 0 Å². The van der Waals surface area contributed by atoms with Crippen LogP contribution in [0.4, 0.5) is 0 Å². The Bertz CT molecular complexity index is 144. The van der Waals surface area contributed by atoms with E-state index in [2.05, 4.69) is 15.9 Å². The Morgan fingerprint density at radius 2 is 1.17 bits per heavy atom. The summed E-state index contributed by atoms with van der Waals surface area (Å²) in [6.45, 7) is 0. The van der Waals surface area contributed by atoms with Gasteiger partial charge in [-0.05, 0) is 12.3 Å². The van der Waals surface area contributed by atoms with Gasteiger partial charge in [-0.3, -0.25) is 0 Å². The Balaban J connectivity index is 0.000000405. The molecule has 18 heavy (non-hydrogen) atoms.